The minimum atomic E-state index is -3.90. The first kappa shape index (κ1) is 24.7. The molecule has 0 aliphatic heterocycles. The minimum absolute atomic E-state index is 0.0136. The molecule has 0 atom stereocenters. The van der Waals surface area contributed by atoms with Crippen LogP contribution in [0.5, 0.6) is 5.75 Å². The maximum atomic E-state index is 13.0. The highest BCUT2D eigenvalue weighted by molar-refractivity contribution is 9.10. The Bertz CT molecular complexity index is 1030. The molecule has 30 heavy (non-hydrogen) atoms. The monoisotopic (exact) mass is 516 g/mol. The second kappa shape index (κ2) is 10.6. The van der Waals surface area contributed by atoms with Gasteiger partial charge in [-0.15, -0.1) is 0 Å². The average Bonchev–Trinajstić information content (AvgIpc) is 2.69. The van der Waals surface area contributed by atoms with Crippen molar-refractivity contribution < 1.29 is 17.9 Å². The van der Waals surface area contributed by atoms with Crippen molar-refractivity contribution in [2.24, 2.45) is 0 Å². The van der Waals surface area contributed by atoms with E-state index in [1.165, 1.54) is 18.2 Å². The van der Waals surface area contributed by atoms with Crippen molar-refractivity contribution in [2.75, 3.05) is 25.0 Å². The fraction of sp³-hybridized carbons (Fsp3) is 0.381. The van der Waals surface area contributed by atoms with E-state index in [1.54, 1.807) is 6.92 Å². The van der Waals surface area contributed by atoms with E-state index < -0.39 is 15.9 Å². The van der Waals surface area contributed by atoms with Crippen molar-refractivity contribution >= 4 is 49.1 Å². The van der Waals surface area contributed by atoms with Gasteiger partial charge in [0.15, 0.2) is 0 Å². The Hall–Kier alpha value is -1.61. The van der Waals surface area contributed by atoms with Crippen LogP contribution in [0.25, 0.3) is 0 Å². The highest BCUT2D eigenvalue weighted by atomic mass is 79.9. The van der Waals surface area contributed by atoms with Crippen LogP contribution in [-0.2, 0) is 21.2 Å². The van der Waals surface area contributed by atoms with Crippen LogP contribution < -0.4 is 10.1 Å². The zero-order valence-corrected chi connectivity index (χ0v) is 20.6. The van der Waals surface area contributed by atoms with E-state index in [0.717, 1.165) is 26.3 Å². The lowest BCUT2D eigenvalue weighted by molar-refractivity contribution is -0.116. The largest absolute Gasteiger partial charge is 0.492 e. The van der Waals surface area contributed by atoms with Gasteiger partial charge in [-0.3, -0.25) is 4.79 Å². The molecule has 2 rings (SSSR count). The molecule has 0 aliphatic rings. The maximum absolute atomic E-state index is 13.0. The van der Waals surface area contributed by atoms with Crippen LogP contribution in [-0.4, -0.2) is 38.3 Å². The summed E-state index contributed by atoms with van der Waals surface area (Å²) in [4.78, 5) is 12.7. The molecule has 164 valence electrons. The van der Waals surface area contributed by atoms with Crippen LogP contribution in [0.3, 0.4) is 0 Å². The number of carbonyl (C=O) groups excluding carboxylic acids is 1. The van der Waals surface area contributed by atoms with Gasteiger partial charge in [0.25, 0.3) is 0 Å². The number of amides is 1. The molecule has 0 fully saturated rings. The Morgan fingerprint density at radius 1 is 1.20 bits per heavy atom. The molecular formula is C21H26BrClN2O4S. The molecule has 0 spiro atoms. The molecule has 0 aliphatic carbocycles. The molecule has 2 aromatic rings. The van der Waals surface area contributed by atoms with Crippen LogP contribution >= 0.6 is 27.5 Å². The Balaban J connectivity index is 2.24. The van der Waals surface area contributed by atoms with Crippen molar-refractivity contribution in [3.05, 3.63) is 51.0 Å². The predicted molar refractivity (Wildman–Crippen MR) is 124 cm³/mol. The van der Waals surface area contributed by atoms with Crippen LogP contribution in [0.15, 0.2) is 39.7 Å². The first-order chi connectivity index (χ1) is 14.1. The van der Waals surface area contributed by atoms with E-state index >= 15 is 0 Å². The summed E-state index contributed by atoms with van der Waals surface area (Å²) in [5.41, 5.74) is 2.58. The quantitative estimate of drug-likeness (QED) is 0.507. The first-order valence-electron chi connectivity index (χ1n) is 9.65. The number of likely N-dealkylation sites (N-methyl/N-ethyl adjacent to an activating group) is 1. The number of benzene rings is 2. The van der Waals surface area contributed by atoms with Gasteiger partial charge in [-0.2, -0.15) is 4.31 Å². The van der Waals surface area contributed by atoms with E-state index in [1.807, 2.05) is 32.9 Å². The summed E-state index contributed by atoms with van der Waals surface area (Å²) in [6.07, 6.45) is 0.733. The molecule has 1 N–H and O–H groups in total. The molecule has 0 radical (unpaired) electrons. The van der Waals surface area contributed by atoms with Gasteiger partial charge >= 0.3 is 0 Å². The SMILES string of the molecule is CCOc1ccc(S(=O)(=O)N(CC)CC(=O)Nc2c(C)cc(Br)cc2CC)cc1Cl. The zero-order chi connectivity index (χ0) is 22.5. The number of hydrogen-bond donors (Lipinski definition) is 1. The van der Waals surface area contributed by atoms with Gasteiger partial charge in [0, 0.05) is 16.7 Å². The average molecular weight is 518 g/mol. The van der Waals surface area contributed by atoms with Gasteiger partial charge in [0.2, 0.25) is 15.9 Å². The van der Waals surface area contributed by atoms with Crippen LogP contribution in [0, 0.1) is 6.92 Å². The van der Waals surface area contributed by atoms with Crippen molar-refractivity contribution in [2.45, 2.75) is 39.0 Å². The summed E-state index contributed by atoms with van der Waals surface area (Å²) in [5.74, 6) is 0.00861. The Morgan fingerprint density at radius 2 is 1.90 bits per heavy atom. The molecule has 9 heteroatoms. The van der Waals surface area contributed by atoms with Gasteiger partial charge < -0.3 is 10.1 Å². The predicted octanol–water partition coefficient (Wildman–Crippen LogP) is 5.02. The van der Waals surface area contributed by atoms with Crippen LogP contribution in [0.4, 0.5) is 5.69 Å². The minimum Gasteiger partial charge on any atom is -0.492 e. The number of ether oxygens (including phenoxy) is 1. The van der Waals surface area contributed by atoms with Gasteiger partial charge in [-0.05, 0) is 61.7 Å². The summed E-state index contributed by atoms with van der Waals surface area (Å²) in [6.45, 7) is 7.65. The topological polar surface area (TPSA) is 75.7 Å². The molecule has 1 amide bonds. The summed E-state index contributed by atoms with van der Waals surface area (Å²) in [7, 11) is -3.90. The summed E-state index contributed by atoms with van der Waals surface area (Å²) in [5, 5.41) is 3.08. The molecular weight excluding hydrogens is 492 g/mol. The number of hydrogen-bond acceptors (Lipinski definition) is 4. The molecule has 0 bridgehead atoms. The van der Waals surface area contributed by atoms with Crippen LogP contribution in [0.1, 0.15) is 31.9 Å². The van der Waals surface area contributed by atoms with Gasteiger partial charge in [0.05, 0.1) is 23.1 Å². The summed E-state index contributed by atoms with van der Waals surface area (Å²) >= 11 is 9.61. The highest BCUT2D eigenvalue weighted by Crippen LogP contribution is 2.29. The third-order valence-corrected chi connectivity index (χ3v) is 7.21. The summed E-state index contributed by atoms with van der Waals surface area (Å²) in [6, 6.07) is 8.15. The summed E-state index contributed by atoms with van der Waals surface area (Å²) < 4.78 is 33.5. The number of rotatable bonds is 9. The first-order valence-corrected chi connectivity index (χ1v) is 12.3. The highest BCUT2D eigenvalue weighted by Gasteiger charge is 2.26. The van der Waals surface area contributed by atoms with Crippen molar-refractivity contribution in [3.8, 4) is 5.75 Å². The van der Waals surface area contributed by atoms with Gasteiger partial charge in [0.1, 0.15) is 5.75 Å². The molecule has 0 saturated heterocycles. The van der Waals surface area contributed by atoms with Crippen molar-refractivity contribution in [1.82, 2.24) is 4.31 Å². The molecule has 0 heterocycles. The number of nitrogens with zero attached hydrogens (tertiary/aromatic N) is 1. The molecule has 0 unspecified atom stereocenters. The van der Waals surface area contributed by atoms with Crippen LogP contribution in [0.2, 0.25) is 5.02 Å². The number of halogens is 2. The van der Waals surface area contributed by atoms with E-state index in [-0.39, 0.29) is 23.0 Å². The standard InChI is InChI=1S/C21H26BrClN2O4S/c1-5-15-11-16(22)10-14(4)21(15)24-20(26)13-25(6-2)30(27,28)17-8-9-19(29-7-3)18(23)12-17/h8-12H,5-7,13H2,1-4H3,(H,24,26). The third-order valence-electron chi connectivity index (χ3n) is 4.54. The molecule has 2 aromatic carbocycles. The molecule has 6 nitrogen and oxygen atoms in total. The zero-order valence-electron chi connectivity index (χ0n) is 17.5. The normalized spacial score (nSPS) is 11.6. The molecule has 0 aromatic heterocycles. The fourth-order valence-electron chi connectivity index (χ4n) is 3.04. The second-order valence-electron chi connectivity index (χ2n) is 6.61. The third kappa shape index (κ3) is 5.75. The second-order valence-corrected chi connectivity index (χ2v) is 9.88. The molecule has 0 saturated carbocycles. The van der Waals surface area contributed by atoms with Gasteiger partial charge in [-0.1, -0.05) is 41.4 Å². The Morgan fingerprint density at radius 3 is 2.47 bits per heavy atom. The van der Waals surface area contributed by atoms with E-state index in [2.05, 4.69) is 21.2 Å². The lowest BCUT2D eigenvalue weighted by atomic mass is 10.1. The smallest absolute Gasteiger partial charge is 0.243 e. The Labute approximate surface area is 191 Å². The van der Waals surface area contributed by atoms with E-state index in [0.29, 0.717) is 18.0 Å². The van der Waals surface area contributed by atoms with E-state index in [4.69, 9.17) is 16.3 Å². The number of nitrogens with one attached hydrogen (secondary N) is 1. The number of anilines is 1. The maximum Gasteiger partial charge on any atom is 0.243 e. The Kier molecular flexibility index (Phi) is 8.73. The number of sulfonamides is 1. The lowest BCUT2D eigenvalue weighted by Gasteiger charge is -2.21. The van der Waals surface area contributed by atoms with Crippen molar-refractivity contribution in [1.29, 1.82) is 0 Å². The van der Waals surface area contributed by atoms with E-state index in [9.17, 15) is 13.2 Å². The van der Waals surface area contributed by atoms with Crippen molar-refractivity contribution in [3.63, 3.8) is 0 Å². The fourth-order valence-corrected chi connectivity index (χ4v) is 5.39. The van der Waals surface area contributed by atoms with Gasteiger partial charge in [-0.25, -0.2) is 8.42 Å². The lowest BCUT2D eigenvalue weighted by Crippen LogP contribution is -2.38. The number of carbonyl (C=O) groups is 1. The number of aryl methyl sites for hydroxylation is 2.